The molecule has 0 atom stereocenters. The number of hydrogen-bond donors (Lipinski definition) is 1. The number of phenols is 1. The Bertz CT molecular complexity index is 952. The fourth-order valence-electron chi connectivity index (χ4n) is 3.53. The lowest BCUT2D eigenvalue weighted by molar-refractivity contribution is 0.303. The average Bonchev–Trinajstić information content (AvgIpc) is 2.72. The van der Waals surface area contributed by atoms with Crippen molar-refractivity contribution in [2.45, 2.75) is 59.3 Å². The molecule has 2 aromatic carbocycles. The van der Waals surface area contributed by atoms with Crippen LogP contribution in [0.4, 0.5) is 0 Å². The van der Waals surface area contributed by atoms with Crippen LogP contribution in [0, 0.1) is 13.8 Å². The molecule has 0 fully saturated rings. The van der Waals surface area contributed by atoms with Crippen LogP contribution in [-0.4, -0.2) is 26.7 Å². The fourth-order valence-corrected chi connectivity index (χ4v) is 3.53. The van der Waals surface area contributed by atoms with Crippen LogP contribution in [-0.2, 0) is 0 Å². The van der Waals surface area contributed by atoms with E-state index in [-0.39, 0.29) is 5.75 Å². The summed E-state index contributed by atoms with van der Waals surface area (Å²) in [6, 6.07) is 11.5. The highest BCUT2D eigenvalue weighted by atomic mass is 16.5. The number of phenolic OH excluding ortho intramolecular Hbond substituents is 1. The third-order valence-corrected chi connectivity index (χ3v) is 5.03. The van der Waals surface area contributed by atoms with E-state index in [4.69, 9.17) is 4.74 Å². The number of benzene rings is 2. The first-order valence-corrected chi connectivity index (χ1v) is 10.8. The normalized spacial score (nSPS) is 10.9. The van der Waals surface area contributed by atoms with Crippen LogP contribution in [0.25, 0.3) is 22.8 Å². The highest BCUT2D eigenvalue weighted by Crippen LogP contribution is 2.31. The van der Waals surface area contributed by atoms with Gasteiger partial charge in [0.2, 0.25) is 0 Å². The monoisotopic (exact) mass is 405 g/mol. The molecule has 0 bridgehead atoms. The van der Waals surface area contributed by atoms with E-state index < -0.39 is 0 Å². The van der Waals surface area contributed by atoms with Gasteiger partial charge in [0.15, 0.2) is 11.6 Å². The molecule has 0 spiro atoms. The zero-order chi connectivity index (χ0) is 21.3. The Morgan fingerprint density at radius 1 is 0.833 bits per heavy atom. The summed E-state index contributed by atoms with van der Waals surface area (Å²) < 4.78 is 5.79. The lowest BCUT2D eigenvalue weighted by Crippen LogP contribution is -1.98. The Kier molecular flexibility index (Phi) is 7.77. The van der Waals surface area contributed by atoms with Crippen molar-refractivity contribution >= 4 is 0 Å². The van der Waals surface area contributed by atoms with Gasteiger partial charge in [-0.2, -0.15) is 0 Å². The average molecular weight is 406 g/mol. The maximum atomic E-state index is 10.5. The topological polar surface area (TPSA) is 68.1 Å². The SMILES string of the molecule is CCCCCCCCOc1ccc(-c2ncnc(-c3cc(C)cc(C)c3)n2)c(O)c1. The molecule has 30 heavy (non-hydrogen) atoms. The first kappa shape index (κ1) is 21.8. The molecule has 1 aromatic heterocycles. The van der Waals surface area contributed by atoms with Gasteiger partial charge in [0.25, 0.3) is 0 Å². The molecule has 0 saturated carbocycles. The summed E-state index contributed by atoms with van der Waals surface area (Å²) >= 11 is 0. The summed E-state index contributed by atoms with van der Waals surface area (Å²) in [6.45, 7) is 6.98. The van der Waals surface area contributed by atoms with Crippen LogP contribution in [0.5, 0.6) is 11.5 Å². The van der Waals surface area contributed by atoms with Crippen molar-refractivity contribution in [3.63, 3.8) is 0 Å². The predicted octanol–water partition coefficient (Wildman–Crippen LogP) is 6.27. The summed E-state index contributed by atoms with van der Waals surface area (Å²) in [6.07, 6.45) is 8.80. The van der Waals surface area contributed by atoms with Crippen molar-refractivity contribution in [3.05, 3.63) is 53.9 Å². The molecular weight excluding hydrogens is 374 g/mol. The second-order valence-corrected chi connectivity index (χ2v) is 7.80. The number of rotatable bonds is 10. The largest absolute Gasteiger partial charge is 0.507 e. The van der Waals surface area contributed by atoms with Gasteiger partial charge in [0, 0.05) is 11.6 Å². The van der Waals surface area contributed by atoms with Gasteiger partial charge in [0.1, 0.15) is 17.8 Å². The summed E-state index contributed by atoms with van der Waals surface area (Å²) in [5.41, 5.74) is 3.81. The Morgan fingerprint density at radius 3 is 2.27 bits per heavy atom. The van der Waals surface area contributed by atoms with Crippen molar-refractivity contribution in [2.75, 3.05) is 6.61 Å². The molecule has 0 radical (unpaired) electrons. The van der Waals surface area contributed by atoms with Crippen LogP contribution in [0.3, 0.4) is 0 Å². The minimum absolute atomic E-state index is 0.105. The van der Waals surface area contributed by atoms with Gasteiger partial charge in [-0.05, 0) is 44.5 Å². The molecule has 5 heteroatoms. The molecule has 0 saturated heterocycles. The van der Waals surface area contributed by atoms with Crippen LogP contribution in [0.15, 0.2) is 42.7 Å². The first-order valence-electron chi connectivity index (χ1n) is 10.8. The van der Waals surface area contributed by atoms with E-state index >= 15 is 0 Å². The summed E-state index contributed by atoms with van der Waals surface area (Å²) in [7, 11) is 0. The standard InChI is InChI=1S/C25H31N3O2/c1-4-5-6-7-8-9-12-30-21-10-11-22(23(29)16-21)25-27-17-26-24(28-25)20-14-18(2)13-19(3)15-20/h10-11,13-17,29H,4-9,12H2,1-3H3. The summed E-state index contributed by atoms with van der Waals surface area (Å²) in [5.74, 6) is 1.80. The quantitative estimate of drug-likeness (QED) is 0.403. The Hall–Kier alpha value is -2.95. The maximum Gasteiger partial charge on any atom is 0.167 e. The molecule has 5 nitrogen and oxygen atoms in total. The van der Waals surface area contributed by atoms with E-state index in [1.165, 1.54) is 38.4 Å². The van der Waals surface area contributed by atoms with Gasteiger partial charge >= 0.3 is 0 Å². The predicted molar refractivity (Wildman–Crippen MR) is 121 cm³/mol. The number of unbranched alkanes of at least 4 members (excludes halogenated alkanes) is 5. The van der Waals surface area contributed by atoms with Crippen LogP contribution in [0.1, 0.15) is 56.6 Å². The Balaban J connectivity index is 1.66. The van der Waals surface area contributed by atoms with Gasteiger partial charge in [-0.15, -0.1) is 0 Å². The molecule has 3 rings (SSSR count). The Morgan fingerprint density at radius 2 is 1.53 bits per heavy atom. The number of nitrogens with zero attached hydrogens (tertiary/aromatic N) is 3. The van der Waals surface area contributed by atoms with Gasteiger partial charge < -0.3 is 9.84 Å². The molecule has 1 heterocycles. The zero-order valence-electron chi connectivity index (χ0n) is 18.2. The van der Waals surface area contributed by atoms with Crippen LogP contribution in [0.2, 0.25) is 0 Å². The molecule has 0 unspecified atom stereocenters. The maximum absolute atomic E-state index is 10.5. The van der Waals surface area contributed by atoms with Crippen molar-refractivity contribution in [1.29, 1.82) is 0 Å². The lowest BCUT2D eigenvalue weighted by atomic mass is 10.1. The zero-order valence-corrected chi connectivity index (χ0v) is 18.2. The van der Waals surface area contributed by atoms with Crippen molar-refractivity contribution in [1.82, 2.24) is 15.0 Å². The molecule has 0 aliphatic rings. The minimum atomic E-state index is 0.105. The number of hydrogen-bond acceptors (Lipinski definition) is 5. The van der Waals surface area contributed by atoms with E-state index in [2.05, 4.69) is 27.9 Å². The summed E-state index contributed by atoms with van der Waals surface area (Å²) in [4.78, 5) is 13.1. The second-order valence-electron chi connectivity index (χ2n) is 7.80. The number of aromatic hydroxyl groups is 1. The molecule has 1 N–H and O–H groups in total. The summed E-state index contributed by atoms with van der Waals surface area (Å²) in [5, 5.41) is 10.5. The molecule has 0 aliphatic carbocycles. The van der Waals surface area contributed by atoms with Crippen molar-refractivity contribution < 1.29 is 9.84 Å². The van der Waals surface area contributed by atoms with Crippen molar-refractivity contribution in [3.8, 4) is 34.3 Å². The smallest absolute Gasteiger partial charge is 0.167 e. The van der Waals surface area contributed by atoms with E-state index in [1.54, 1.807) is 12.1 Å². The molecule has 0 amide bonds. The number of ether oxygens (including phenoxy) is 1. The molecule has 0 aliphatic heterocycles. The van der Waals surface area contributed by atoms with Crippen molar-refractivity contribution in [2.24, 2.45) is 0 Å². The first-order chi connectivity index (χ1) is 14.6. The van der Waals surface area contributed by atoms with E-state index in [9.17, 15) is 5.11 Å². The second kappa shape index (κ2) is 10.7. The van der Waals surface area contributed by atoms with Gasteiger partial charge in [-0.25, -0.2) is 15.0 Å². The highest BCUT2D eigenvalue weighted by molar-refractivity contribution is 5.67. The number of aryl methyl sites for hydroxylation is 2. The highest BCUT2D eigenvalue weighted by Gasteiger charge is 2.12. The third-order valence-electron chi connectivity index (χ3n) is 5.03. The van der Waals surface area contributed by atoms with Crippen LogP contribution < -0.4 is 4.74 Å². The molecule has 158 valence electrons. The van der Waals surface area contributed by atoms with E-state index in [0.29, 0.717) is 29.6 Å². The van der Waals surface area contributed by atoms with E-state index in [1.807, 2.05) is 32.0 Å². The van der Waals surface area contributed by atoms with Gasteiger partial charge in [0.05, 0.1) is 12.2 Å². The van der Waals surface area contributed by atoms with Crippen LogP contribution >= 0.6 is 0 Å². The van der Waals surface area contributed by atoms with E-state index in [0.717, 1.165) is 23.1 Å². The third kappa shape index (κ3) is 6.02. The Labute approximate surface area is 179 Å². The fraction of sp³-hybridized carbons (Fsp3) is 0.400. The number of aromatic nitrogens is 3. The van der Waals surface area contributed by atoms with Gasteiger partial charge in [-0.3, -0.25) is 0 Å². The molecular formula is C25H31N3O2. The lowest BCUT2D eigenvalue weighted by Gasteiger charge is -2.10. The molecule has 3 aromatic rings. The minimum Gasteiger partial charge on any atom is -0.507 e. The van der Waals surface area contributed by atoms with Gasteiger partial charge in [-0.1, -0.05) is 56.2 Å².